The summed E-state index contributed by atoms with van der Waals surface area (Å²) in [6.45, 7) is 0. The minimum atomic E-state index is -0.204. The molecule has 0 saturated carbocycles. The van der Waals surface area contributed by atoms with Crippen molar-refractivity contribution in [2.24, 2.45) is 0 Å². The van der Waals surface area contributed by atoms with Crippen LogP contribution in [-0.4, -0.2) is 5.11 Å². The molecule has 0 aliphatic heterocycles. The summed E-state index contributed by atoms with van der Waals surface area (Å²) in [5, 5.41) is 10.1. The average molecular weight is 216 g/mol. The van der Waals surface area contributed by atoms with Crippen LogP contribution in [0.3, 0.4) is 0 Å². The van der Waals surface area contributed by atoms with Gasteiger partial charge in [-0.25, -0.2) is 0 Å². The van der Waals surface area contributed by atoms with Crippen LogP contribution in [0.5, 0.6) is 0 Å². The second-order valence-corrected chi connectivity index (χ2v) is 5.29. The van der Waals surface area contributed by atoms with E-state index in [1.807, 2.05) is 0 Å². The van der Waals surface area contributed by atoms with E-state index >= 15 is 0 Å². The van der Waals surface area contributed by atoms with Crippen molar-refractivity contribution in [3.63, 3.8) is 0 Å². The summed E-state index contributed by atoms with van der Waals surface area (Å²) < 4.78 is 0. The zero-order valence-electron chi connectivity index (χ0n) is 9.84. The fraction of sp³-hybridized carbons (Fsp3) is 0.600. The molecule has 0 saturated heterocycles. The Bertz CT molecular complexity index is 395. The van der Waals surface area contributed by atoms with Gasteiger partial charge in [0, 0.05) is 0 Å². The van der Waals surface area contributed by atoms with Crippen molar-refractivity contribution >= 4 is 0 Å². The maximum atomic E-state index is 10.1. The van der Waals surface area contributed by atoms with E-state index in [-0.39, 0.29) is 6.10 Å². The summed E-state index contributed by atoms with van der Waals surface area (Å²) in [6, 6.07) is 4.69. The van der Waals surface area contributed by atoms with Crippen LogP contribution in [0.2, 0.25) is 0 Å². The number of hydrogen-bond acceptors (Lipinski definition) is 1. The second kappa shape index (κ2) is 4.21. The topological polar surface area (TPSA) is 20.2 Å². The largest absolute Gasteiger partial charge is 0.388 e. The minimum Gasteiger partial charge on any atom is -0.388 e. The Balaban J connectivity index is 2.06. The molecule has 16 heavy (non-hydrogen) atoms. The van der Waals surface area contributed by atoms with Crippen molar-refractivity contribution in [3.8, 4) is 0 Å². The third-order valence-corrected chi connectivity index (χ3v) is 4.14. The smallest absolute Gasteiger partial charge is 0.0792 e. The molecule has 3 rings (SSSR count). The lowest BCUT2D eigenvalue weighted by molar-refractivity contribution is 0.166. The van der Waals surface area contributed by atoms with Gasteiger partial charge in [-0.1, -0.05) is 18.6 Å². The predicted molar refractivity (Wildman–Crippen MR) is 65.6 cm³/mol. The van der Waals surface area contributed by atoms with E-state index in [0.29, 0.717) is 0 Å². The Kier molecular flexibility index (Phi) is 2.72. The molecule has 0 bridgehead atoms. The van der Waals surface area contributed by atoms with Crippen molar-refractivity contribution in [1.82, 2.24) is 0 Å². The lowest BCUT2D eigenvalue weighted by Gasteiger charge is -2.20. The van der Waals surface area contributed by atoms with Crippen molar-refractivity contribution in [1.29, 1.82) is 0 Å². The Labute approximate surface area is 97.5 Å². The number of hydrogen-bond donors (Lipinski definition) is 1. The molecule has 1 heteroatoms. The summed E-state index contributed by atoms with van der Waals surface area (Å²) in [4.78, 5) is 0. The highest BCUT2D eigenvalue weighted by molar-refractivity contribution is 5.41. The van der Waals surface area contributed by atoms with Crippen LogP contribution in [0.15, 0.2) is 12.1 Å². The highest BCUT2D eigenvalue weighted by Crippen LogP contribution is 2.33. The number of aliphatic hydroxyl groups is 1. The highest BCUT2D eigenvalue weighted by atomic mass is 16.3. The standard InChI is InChI=1S/C15H20O/c16-15-8-4-3-7-13-9-11-5-1-2-6-12(11)10-14(13)15/h9-10,15-16H,1-8H2/t15-/m1/s1. The van der Waals surface area contributed by atoms with Gasteiger partial charge >= 0.3 is 0 Å². The van der Waals surface area contributed by atoms with Crippen LogP contribution in [-0.2, 0) is 19.3 Å². The molecule has 2 aliphatic carbocycles. The minimum absolute atomic E-state index is 0.204. The molecule has 1 N–H and O–H groups in total. The van der Waals surface area contributed by atoms with Gasteiger partial charge in [0.25, 0.3) is 0 Å². The van der Waals surface area contributed by atoms with E-state index in [0.717, 1.165) is 6.42 Å². The molecular weight excluding hydrogens is 196 g/mol. The van der Waals surface area contributed by atoms with E-state index in [9.17, 15) is 5.11 Å². The van der Waals surface area contributed by atoms with Crippen LogP contribution in [0.25, 0.3) is 0 Å². The fourth-order valence-corrected chi connectivity index (χ4v) is 3.19. The van der Waals surface area contributed by atoms with Crippen LogP contribution >= 0.6 is 0 Å². The first-order chi connectivity index (χ1) is 7.84. The summed E-state index contributed by atoms with van der Waals surface area (Å²) in [7, 11) is 0. The summed E-state index contributed by atoms with van der Waals surface area (Å²) in [5.74, 6) is 0. The summed E-state index contributed by atoms with van der Waals surface area (Å²) >= 11 is 0. The van der Waals surface area contributed by atoms with Crippen molar-refractivity contribution in [2.45, 2.75) is 57.5 Å². The molecule has 2 aliphatic rings. The quantitative estimate of drug-likeness (QED) is 0.660. The van der Waals surface area contributed by atoms with E-state index in [1.54, 1.807) is 5.56 Å². The van der Waals surface area contributed by atoms with Gasteiger partial charge in [0.1, 0.15) is 0 Å². The fourth-order valence-electron chi connectivity index (χ4n) is 3.19. The third kappa shape index (κ3) is 1.78. The molecule has 86 valence electrons. The molecule has 0 heterocycles. The first-order valence-corrected chi connectivity index (χ1v) is 6.67. The number of rotatable bonds is 0. The lowest BCUT2D eigenvalue weighted by atomic mass is 9.86. The molecule has 0 aromatic heterocycles. The third-order valence-electron chi connectivity index (χ3n) is 4.14. The molecule has 1 atom stereocenters. The van der Waals surface area contributed by atoms with Crippen molar-refractivity contribution in [2.75, 3.05) is 0 Å². The zero-order chi connectivity index (χ0) is 11.0. The SMILES string of the molecule is O[C@@H]1CCCCc2cc3c(cc21)CCCC3. The zero-order valence-corrected chi connectivity index (χ0v) is 9.84. The maximum Gasteiger partial charge on any atom is 0.0792 e. The van der Waals surface area contributed by atoms with E-state index in [2.05, 4.69) is 12.1 Å². The van der Waals surface area contributed by atoms with Gasteiger partial charge in [-0.2, -0.15) is 0 Å². The molecule has 0 unspecified atom stereocenters. The Morgan fingerprint density at radius 2 is 1.44 bits per heavy atom. The molecule has 1 aromatic carbocycles. The van der Waals surface area contributed by atoms with Gasteiger partial charge in [-0.15, -0.1) is 0 Å². The van der Waals surface area contributed by atoms with Gasteiger partial charge in [-0.3, -0.25) is 0 Å². The Morgan fingerprint density at radius 3 is 2.25 bits per heavy atom. The molecule has 0 spiro atoms. The number of fused-ring (bicyclic) bond motifs is 2. The van der Waals surface area contributed by atoms with Gasteiger partial charge in [-0.05, 0) is 67.2 Å². The van der Waals surface area contributed by atoms with Crippen molar-refractivity contribution in [3.05, 3.63) is 34.4 Å². The number of aliphatic hydroxyl groups excluding tert-OH is 1. The van der Waals surface area contributed by atoms with E-state index < -0.39 is 0 Å². The van der Waals surface area contributed by atoms with Crippen molar-refractivity contribution < 1.29 is 5.11 Å². The van der Waals surface area contributed by atoms with Gasteiger partial charge in [0.2, 0.25) is 0 Å². The summed E-state index contributed by atoms with van der Waals surface area (Å²) in [6.07, 6.45) is 9.45. The predicted octanol–water partition coefficient (Wildman–Crippen LogP) is 3.33. The summed E-state index contributed by atoms with van der Waals surface area (Å²) in [5.41, 5.74) is 5.72. The lowest BCUT2D eigenvalue weighted by Crippen LogP contribution is -2.07. The first kappa shape index (κ1) is 10.3. The van der Waals surface area contributed by atoms with E-state index in [4.69, 9.17) is 0 Å². The van der Waals surface area contributed by atoms with Gasteiger partial charge < -0.3 is 5.11 Å². The first-order valence-electron chi connectivity index (χ1n) is 6.67. The Hall–Kier alpha value is -0.820. The number of aryl methyl sites for hydroxylation is 3. The molecular formula is C15H20O. The second-order valence-electron chi connectivity index (χ2n) is 5.29. The molecule has 0 fully saturated rings. The maximum absolute atomic E-state index is 10.1. The average Bonchev–Trinajstić information content (AvgIpc) is 2.49. The monoisotopic (exact) mass is 216 g/mol. The van der Waals surface area contributed by atoms with Gasteiger partial charge in [0.15, 0.2) is 0 Å². The molecule has 0 amide bonds. The van der Waals surface area contributed by atoms with Gasteiger partial charge in [0.05, 0.1) is 6.10 Å². The van der Waals surface area contributed by atoms with Crippen LogP contribution in [0, 0.1) is 0 Å². The molecule has 1 nitrogen and oxygen atoms in total. The molecule has 0 radical (unpaired) electrons. The Morgan fingerprint density at radius 1 is 0.812 bits per heavy atom. The normalized spacial score (nSPS) is 24.4. The van der Waals surface area contributed by atoms with Crippen LogP contribution in [0.4, 0.5) is 0 Å². The number of benzene rings is 1. The van der Waals surface area contributed by atoms with E-state index in [1.165, 1.54) is 61.6 Å². The van der Waals surface area contributed by atoms with Crippen LogP contribution < -0.4 is 0 Å². The van der Waals surface area contributed by atoms with Crippen LogP contribution in [0.1, 0.15) is 60.5 Å². The highest BCUT2D eigenvalue weighted by Gasteiger charge is 2.19. The molecule has 1 aromatic rings.